The van der Waals surface area contributed by atoms with Crippen molar-refractivity contribution in [2.75, 3.05) is 32.8 Å². The Hall–Kier alpha value is -0.260. The Bertz CT molecular complexity index is 170. The van der Waals surface area contributed by atoms with E-state index in [0.29, 0.717) is 31.7 Å². The summed E-state index contributed by atoms with van der Waals surface area (Å²) in [7, 11) is 0. The lowest BCUT2D eigenvalue weighted by molar-refractivity contribution is 0.142. The third-order valence-electron chi connectivity index (χ3n) is 2.56. The zero-order valence-corrected chi connectivity index (χ0v) is 9.14. The smallest absolute Gasteiger partial charge is 0.250 e. The molecule has 1 rings (SSSR count). The number of halogens is 2. The van der Waals surface area contributed by atoms with Gasteiger partial charge in [0.25, 0.3) is 6.43 Å². The first-order valence-electron chi connectivity index (χ1n) is 5.54. The summed E-state index contributed by atoms with van der Waals surface area (Å²) in [6.07, 6.45) is -1.19. The number of alkyl halides is 2. The first-order chi connectivity index (χ1) is 7.24. The van der Waals surface area contributed by atoms with Crippen molar-refractivity contribution in [2.45, 2.75) is 25.8 Å². The topological polar surface area (TPSA) is 33.3 Å². The van der Waals surface area contributed by atoms with Gasteiger partial charge in [0.05, 0.1) is 19.8 Å². The molecule has 0 aromatic rings. The van der Waals surface area contributed by atoms with Gasteiger partial charge in [0.2, 0.25) is 0 Å². The third kappa shape index (κ3) is 4.86. The SMILES string of the molecule is CCCNC1COCC1CNCC(F)F. The Morgan fingerprint density at radius 1 is 1.40 bits per heavy atom. The molecule has 0 bridgehead atoms. The van der Waals surface area contributed by atoms with Crippen molar-refractivity contribution in [3.63, 3.8) is 0 Å². The molecule has 0 aliphatic carbocycles. The second-order valence-electron chi connectivity index (χ2n) is 3.91. The third-order valence-corrected chi connectivity index (χ3v) is 2.56. The van der Waals surface area contributed by atoms with Crippen LogP contribution in [0.1, 0.15) is 13.3 Å². The van der Waals surface area contributed by atoms with Crippen molar-refractivity contribution in [1.29, 1.82) is 0 Å². The Morgan fingerprint density at radius 3 is 2.87 bits per heavy atom. The van der Waals surface area contributed by atoms with Gasteiger partial charge in [-0.1, -0.05) is 6.92 Å². The zero-order valence-electron chi connectivity index (χ0n) is 9.14. The summed E-state index contributed by atoms with van der Waals surface area (Å²) in [6.45, 7) is 4.80. The van der Waals surface area contributed by atoms with Gasteiger partial charge in [0.1, 0.15) is 0 Å². The van der Waals surface area contributed by atoms with Crippen molar-refractivity contribution in [2.24, 2.45) is 5.92 Å². The number of ether oxygens (including phenoxy) is 1. The van der Waals surface area contributed by atoms with Crippen LogP contribution < -0.4 is 10.6 Å². The Balaban J connectivity index is 2.15. The van der Waals surface area contributed by atoms with Crippen LogP contribution in [0, 0.1) is 5.92 Å². The fourth-order valence-corrected chi connectivity index (χ4v) is 1.73. The van der Waals surface area contributed by atoms with E-state index < -0.39 is 6.43 Å². The molecule has 1 saturated heterocycles. The Morgan fingerprint density at radius 2 is 2.20 bits per heavy atom. The zero-order chi connectivity index (χ0) is 11.1. The minimum atomic E-state index is -2.27. The van der Waals surface area contributed by atoms with E-state index in [4.69, 9.17) is 4.74 Å². The highest BCUT2D eigenvalue weighted by Crippen LogP contribution is 2.12. The number of hydrogen-bond donors (Lipinski definition) is 2. The molecule has 3 nitrogen and oxygen atoms in total. The van der Waals surface area contributed by atoms with Crippen LogP contribution in [0.25, 0.3) is 0 Å². The predicted molar refractivity (Wildman–Crippen MR) is 55.3 cm³/mol. The van der Waals surface area contributed by atoms with E-state index in [9.17, 15) is 8.78 Å². The molecular weight excluding hydrogens is 202 g/mol. The largest absolute Gasteiger partial charge is 0.379 e. The van der Waals surface area contributed by atoms with Gasteiger partial charge in [-0.15, -0.1) is 0 Å². The van der Waals surface area contributed by atoms with E-state index in [1.165, 1.54) is 0 Å². The highest BCUT2D eigenvalue weighted by molar-refractivity contribution is 4.82. The molecule has 1 heterocycles. The maximum Gasteiger partial charge on any atom is 0.250 e. The first kappa shape index (κ1) is 12.8. The van der Waals surface area contributed by atoms with E-state index in [-0.39, 0.29) is 6.54 Å². The van der Waals surface area contributed by atoms with E-state index in [1.54, 1.807) is 0 Å². The predicted octanol–water partition coefficient (Wildman–Crippen LogP) is 0.856. The van der Waals surface area contributed by atoms with Gasteiger partial charge < -0.3 is 15.4 Å². The maximum absolute atomic E-state index is 11.9. The van der Waals surface area contributed by atoms with Gasteiger partial charge in [-0.2, -0.15) is 0 Å². The molecule has 5 heteroatoms. The van der Waals surface area contributed by atoms with Gasteiger partial charge in [-0.25, -0.2) is 8.78 Å². The molecule has 1 fully saturated rings. The molecular formula is C10H20F2N2O. The van der Waals surface area contributed by atoms with Crippen molar-refractivity contribution in [1.82, 2.24) is 10.6 Å². The van der Waals surface area contributed by atoms with Gasteiger partial charge >= 0.3 is 0 Å². The first-order valence-corrected chi connectivity index (χ1v) is 5.54. The summed E-state index contributed by atoms with van der Waals surface area (Å²) in [6, 6.07) is 0.315. The van der Waals surface area contributed by atoms with Gasteiger partial charge in [0, 0.05) is 18.5 Å². The molecule has 1 aliphatic heterocycles. The summed E-state index contributed by atoms with van der Waals surface area (Å²) in [5.41, 5.74) is 0. The van der Waals surface area contributed by atoms with Crippen LogP contribution in [0.15, 0.2) is 0 Å². The summed E-state index contributed by atoms with van der Waals surface area (Å²) >= 11 is 0. The molecule has 0 amide bonds. The van der Waals surface area contributed by atoms with Gasteiger partial charge in [0.15, 0.2) is 0 Å². The van der Waals surface area contributed by atoms with E-state index in [0.717, 1.165) is 13.0 Å². The number of nitrogens with one attached hydrogen (secondary N) is 2. The fraction of sp³-hybridized carbons (Fsp3) is 1.00. The molecule has 0 saturated carbocycles. The summed E-state index contributed by atoms with van der Waals surface area (Å²) < 4.78 is 29.1. The van der Waals surface area contributed by atoms with Crippen molar-refractivity contribution < 1.29 is 13.5 Å². The number of rotatable bonds is 7. The molecule has 90 valence electrons. The average Bonchev–Trinajstić information content (AvgIpc) is 2.62. The lowest BCUT2D eigenvalue weighted by Crippen LogP contribution is -2.41. The summed E-state index contributed by atoms with van der Waals surface area (Å²) in [5, 5.41) is 6.13. The van der Waals surface area contributed by atoms with Crippen molar-refractivity contribution in [3.05, 3.63) is 0 Å². The lowest BCUT2D eigenvalue weighted by Gasteiger charge is -2.19. The molecule has 15 heavy (non-hydrogen) atoms. The molecule has 0 aromatic carbocycles. The summed E-state index contributed by atoms with van der Waals surface area (Å²) in [5.74, 6) is 0.315. The fourth-order valence-electron chi connectivity index (χ4n) is 1.73. The molecule has 0 radical (unpaired) electrons. The maximum atomic E-state index is 11.9. The monoisotopic (exact) mass is 222 g/mol. The van der Waals surface area contributed by atoms with Crippen LogP contribution in [0.4, 0.5) is 8.78 Å². The van der Waals surface area contributed by atoms with Crippen LogP contribution in [-0.2, 0) is 4.74 Å². The average molecular weight is 222 g/mol. The highest BCUT2D eigenvalue weighted by atomic mass is 19.3. The summed E-state index contributed by atoms with van der Waals surface area (Å²) in [4.78, 5) is 0. The van der Waals surface area contributed by atoms with Crippen LogP contribution in [-0.4, -0.2) is 45.3 Å². The van der Waals surface area contributed by atoms with E-state index >= 15 is 0 Å². The Labute approximate surface area is 89.6 Å². The minimum Gasteiger partial charge on any atom is -0.379 e. The van der Waals surface area contributed by atoms with Gasteiger partial charge in [-0.05, 0) is 13.0 Å². The van der Waals surface area contributed by atoms with Crippen molar-refractivity contribution >= 4 is 0 Å². The second-order valence-corrected chi connectivity index (χ2v) is 3.91. The lowest BCUT2D eigenvalue weighted by atomic mass is 10.0. The Kier molecular flexibility index (Phi) is 6.05. The van der Waals surface area contributed by atoms with Crippen LogP contribution >= 0.6 is 0 Å². The minimum absolute atomic E-state index is 0.225. The molecule has 0 spiro atoms. The number of hydrogen-bond acceptors (Lipinski definition) is 3. The molecule has 2 atom stereocenters. The molecule has 2 unspecified atom stereocenters. The van der Waals surface area contributed by atoms with Crippen LogP contribution in [0.2, 0.25) is 0 Å². The molecule has 2 N–H and O–H groups in total. The quantitative estimate of drug-likeness (QED) is 0.670. The normalized spacial score (nSPS) is 26.4. The standard InChI is InChI=1S/C10H20F2N2O/c1-2-3-14-9-7-15-6-8(9)4-13-5-10(11)12/h8-10,13-14H,2-7H2,1H3. The second kappa shape index (κ2) is 7.09. The molecule has 0 aromatic heterocycles. The highest BCUT2D eigenvalue weighted by Gasteiger charge is 2.27. The van der Waals surface area contributed by atoms with E-state index in [2.05, 4.69) is 17.6 Å². The van der Waals surface area contributed by atoms with Crippen molar-refractivity contribution in [3.8, 4) is 0 Å². The molecule has 1 aliphatic rings. The van der Waals surface area contributed by atoms with Crippen LogP contribution in [0.5, 0.6) is 0 Å². The van der Waals surface area contributed by atoms with Crippen LogP contribution in [0.3, 0.4) is 0 Å². The van der Waals surface area contributed by atoms with E-state index in [1.807, 2.05) is 0 Å². The van der Waals surface area contributed by atoms with Gasteiger partial charge in [-0.3, -0.25) is 0 Å².